The minimum Gasteiger partial charge on any atom is -0.351 e. The molecule has 0 fully saturated rings. The highest BCUT2D eigenvalue weighted by molar-refractivity contribution is 7.12. The molecule has 4 heteroatoms. The Bertz CT molecular complexity index is 717. The quantitative estimate of drug-likeness (QED) is 0.755. The molecule has 3 rings (SSSR count). The fraction of sp³-hybridized carbons (Fsp3) is 0.188. The molecule has 0 saturated heterocycles. The van der Waals surface area contributed by atoms with E-state index in [2.05, 4.69) is 30.2 Å². The lowest BCUT2D eigenvalue weighted by Crippen LogP contribution is -2.22. The van der Waals surface area contributed by atoms with Crippen molar-refractivity contribution in [3.05, 3.63) is 57.4 Å². The maximum Gasteiger partial charge on any atom is 0.268 e. The number of benzene rings is 1. The molecule has 1 aromatic carbocycles. The molecule has 0 spiro atoms. The molecular weight excluding hydrogens is 268 g/mol. The number of hydrogen-bond donors (Lipinski definition) is 2. The van der Waals surface area contributed by atoms with Gasteiger partial charge in [0.15, 0.2) is 0 Å². The van der Waals surface area contributed by atoms with Gasteiger partial charge in [-0.1, -0.05) is 18.2 Å². The average Bonchev–Trinajstić information content (AvgIpc) is 3.00. The van der Waals surface area contributed by atoms with Crippen LogP contribution in [0.5, 0.6) is 0 Å². The number of amides is 1. The van der Waals surface area contributed by atoms with Gasteiger partial charge in [-0.2, -0.15) is 0 Å². The summed E-state index contributed by atoms with van der Waals surface area (Å²) in [5.41, 5.74) is 2.88. The van der Waals surface area contributed by atoms with E-state index in [0.29, 0.717) is 12.2 Å². The fourth-order valence-electron chi connectivity index (χ4n) is 2.20. The first-order valence-corrected chi connectivity index (χ1v) is 7.37. The molecule has 102 valence electrons. The number of aryl methyl sites for hydroxylation is 2. The van der Waals surface area contributed by atoms with Crippen molar-refractivity contribution in [2.45, 2.75) is 20.4 Å². The second-order valence-corrected chi connectivity index (χ2v) is 6.25. The Morgan fingerprint density at radius 2 is 2.05 bits per heavy atom. The van der Waals surface area contributed by atoms with Crippen molar-refractivity contribution in [2.24, 2.45) is 0 Å². The van der Waals surface area contributed by atoms with Gasteiger partial charge in [0.25, 0.3) is 5.91 Å². The zero-order chi connectivity index (χ0) is 14.1. The molecule has 2 aromatic heterocycles. The van der Waals surface area contributed by atoms with Gasteiger partial charge in [-0.05, 0) is 37.6 Å². The number of rotatable bonds is 3. The number of thiophene rings is 1. The minimum absolute atomic E-state index is 0.0649. The molecule has 2 heterocycles. The van der Waals surface area contributed by atoms with E-state index in [4.69, 9.17) is 0 Å². The summed E-state index contributed by atoms with van der Waals surface area (Å²) < 4.78 is 0. The van der Waals surface area contributed by atoms with Gasteiger partial charge in [-0.25, -0.2) is 0 Å². The summed E-state index contributed by atoms with van der Waals surface area (Å²) in [5.74, 6) is -0.0649. The Kier molecular flexibility index (Phi) is 3.32. The van der Waals surface area contributed by atoms with Gasteiger partial charge in [0.05, 0.1) is 6.54 Å². The molecular formula is C16H16N2OS. The van der Waals surface area contributed by atoms with Crippen LogP contribution in [0.1, 0.15) is 25.8 Å². The van der Waals surface area contributed by atoms with Gasteiger partial charge in [0.1, 0.15) is 5.69 Å². The highest BCUT2D eigenvalue weighted by atomic mass is 32.1. The van der Waals surface area contributed by atoms with Crippen LogP contribution in [-0.2, 0) is 6.54 Å². The molecule has 0 radical (unpaired) electrons. The molecule has 3 nitrogen and oxygen atoms in total. The van der Waals surface area contributed by atoms with Crippen molar-refractivity contribution in [1.82, 2.24) is 10.3 Å². The predicted octanol–water partition coefficient (Wildman–Crippen LogP) is 3.78. The predicted molar refractivity (Wildman–Crippen MR) is 83.3 cm³/mol. The maximum absolute atomic E-state index is 12.1. The molecule has 0 atom stereocenters. The van der Waals surface area contributed by atoms with Crippen molar-refractivity contribution < 1.29 is 4.79 Å². The molecule has 20 heavy (non-hydrogen) atoms. The Morgan fingerprint density at radius 1 is 1.25 bits per heavy atom. The van der Waals surface area contributed by atoms with Gasteiger partial charge < -0.3 is 10.3 Å². The van der Waals surface area contributed by atoms with E-state index < -0.39 is 0 Å². The van der Waals surface area contributed by atoms with E-state index in [1.165, 1.54) is 15.3 Å². The zero-order valence-electron chi connectivity index (χ0n) is 11.5. The summed E-state index contributed by atoms with van der Waals surface area (Å²) in [5, 5.41) is 4.01. The first kappa shape index (κ1) is 12.9. The third kappa shape index (κ3) is 2.47. The lowest BCUT2D eigenvalue weighted by atomic mass is 10.2. The molecule has 3 aromatic rings. The van der Waals surface area contributed by atoms with Gasteiger partial charge in [-0.15, -0.1) is 11.3 Å². The monoisotopic (exact) mass is 284 g/mol. The number of carbonyl (C=O) groups is 1. The smallest absolute Gasteiger partial charge is 0.268 e. The Labute approximate surface area is 121 Å². The van der Waals surface area contributed by atoms with Gasteiger partial charge >= 0.3 is 0 Å². The third-order valence-electron chi connectivity index (χ3n) is 3.41. The van der Waals surface area contributed by atoms with E-state index in [0.717, 1.165) is 10.9 Å². The van der Waals surface area contributed by atoms with Crippen LogP contribution < -0.4 is 5.32 Å². The minimum atomic E-state index is -0.0649. The number of carbonyl (C=O) groups excluding carboxylic acids is 1. The summed E-state index contributed by atoms with van der Waals surface area (Å²) in [6.07, 6.45) is 0. The number of aromatic nitrogens is 1. The van der Waals surface area contributed by atoms with Crippen molar-refractivity contribution in [3.63, 3.8) is 0 Å². The number of fused-ring (bicyclic) bond motifs is 1. The second-order valence-electron chi connectivity index (χ2n) is 4.90. The SMILES string of the molecule is Cc1cc(CNC(=O)c2cc3ccccc3[nH]2)sc1C. The number of nitrogens with one attached hydrogen (secondary N) is 2. The van der Waals surface area contributed by atoms with E-state index in [1.807, 2.05) is 30.3 Å². The van der Waals surface area contributed by atoms with Crippen LogP contribution in [0.3, 0.4) is 0 Å². The molecule has 0 unspecified atom stereocenters. The van der Waals surface area contributed by atoms with Crippen LogP contribution in [-0.4, -0.2) is 10.9 Å². The third-order valence-corrected chi connectivity index (χ3v) is 4.57. The number of hydrogen-bond acceptors (Lipinski definition) is 2. The Morgan fingerprint density at radius 3 is 2.75 bits per heavy atom. The number of aromatic amines is 1. The first-order chi connectivity index (χ1) is 9.63. The molecule has 1 amide bonds. The van der Waals surface area contributed by atoms with E-state index in [-0.39, 0.29) is 5.91 Å². The summed E-state index contributed by atoms with van der Waals surface area (Å²) in [6, 6.07) is 11.9. The molecule has 2 N–H and O–H groups in total. The largest absolute Gasteiger partial charge is 0.351 e. The normalized spacial score (nSPS) is 10.9. The van der Waals surface area contributed by atoms with Crippen molar-refractivity contribution in [1.29, 1.82) is 0 Å². The van der Waals surface area contributed by atoms with Crippen molar-refractivity contribution >= 4 is 28.1 Å². The number of para-hydroxylation sites is 1. The van der Waals surface area contributed by atoms with Crippen LogP contribution in [0, 0.1) is 13.8 Å². The van der Waals surface area contributed by atoms with Crippen LogP contribution >= 0.6 is 11.3 Å². The Hall–Kier alpha value is -2.07. The second kappa shape index (κ2) is 5.13. The lowest BCUT2D eigenvalue weighted by Gasteiger charge is -2.01. The highest BCUT2D eigenvalue weighted by Gasteiger charge is 2.09. The molecule has 0 bridgehead atoms. The average molecular weight is 284 g/mol. The van der Waals surface area contributed by atoms with E-state index in [1.54, 1.807) is 11.3 Å². The zero-order valence-corrected chi connectivity index (χ0v) is 12.3. The maximum atomic E-state index is 12.1. The van der Waals surface area contributed by atoms with E-state index >= 15 is 0 Å². The van der Waals surface area contributed by atoms with Crippen LogP contribution in [0.4, 0.5) is 0 Å². The van der Waals surface area contributed by atoms with Gasteiger partial charge in [0.2, 0.25) is 0 Å². The summed E-state index contributed by atoms with van der Waals surface area (Å²) >= 11 is 1.73. The summed E-state index contributed by atoms with van der Waals surface area (Å²) in [4.78, 5) is 17.8. The molecule has 0 saturated carbocycles. The molecule has 0 aliphatic rings. The lowest BCUT2D eigenvalue weighted by molar-refractivity contribution is 0.0947. The van der Waals surface area contributed by atoms with Crippen LogP contribution in [0.2, 0.25) is 0 Å². The molecule has 0 aliphatic carbocycles. The highest BCUT2D eigenvalue weighted by Crippen LogP contribution is 2.20. The van der Waals surface area contributed by atoms with Crippen molar-refractivity contribution in [2.75, 3.05) is 0 Å². The first-order valence-electron chi connectivity index (χ1n) is 6.55. The van der Waals surface area contributed by atoms with Gasteiger partial charge in [0, 0.05) is 20.7 Å². The Balaban J connectivity index is 1.72. The summed E-state index contributed by atoms with van der Waals surface area (Å²) in [6.45, 7) is 4.77. The summed E-state index contributed by atoms with van der Waals surface area (Å²) in [7, 11) is 0. The van der Waals surface area contributed by atoms with Gasteiger partial charge in [-0.3, -0.25) is 4.79 Å². The fourth-order valence-corrected chi connectivity index (χ4v) is 3.19. The number of H-pyrrole nitrogens is 1. The van der Waals surface area contributed by atoms with Crippen LogP contribution in [0.15, 0.2) is 36.4 Å². The van der Waals surface area contributed by atoms with Crippen molar-refractivity contribution in [3.8, 4) is 0 Å². The molecule has 0 aliphatic heterocycles. The standard InChI is InChI=1S/C16H16N2OS/c1-10-7-13(20-11(10)2)9-17-16(19)15-8-12-5-3-4-6-14(12)18-15/h3-8,18H,9H2,1-2H3,(H,17,19). The van der Waals surface area contributed by atoms with Crippen LogP contribution in [0.25, 0.3) is 10.9 Å². The topological polar surface area (TPSA) is 44.9 Å². The van der Waals surface area contributed by atoms with E-state index in [9.17, 15) is 4.79 Å².